The first kappa shape index (κ1) is 9.41. The molecule has 0 aromatic heterocycles. The van der Waals surface area contributed by atoms with E-state index in [4.69, 9.17) is 0 Å². The van der Waals surface area contributed by atoms with E-state index < -0.39 is 0 Å². The second kappa shape index (κ2) is 3.08. The molecule has 2 aliphatic rings. The first-order valence-corrected chi connectivity index (χ1v) is 6.03. The molecule has 1 aromatic carbocycles. The van der Waals surface area contributed by atoms with Crippen LogP contribution in [0.4, 0.5) is 0 Å². The normalized spacial score (nSPS) is 42.7. The van der Waals surface area contributed by atoms with Gasteiger partial charge in [-0.05, 0) is 36.2 Å². The van der Waals surface area contributed by atoms with Crippen LogP contribution in [-0.4, -0.2) is 10.7 Å². The Morgan fingerprint density at radius 2 is 2.07 bits per heavy atom. The standard InChI is InChI=1S/C14H18O/c1-2-11-9-14(11,15)13-8-12(13)10-6-4-3-5-7-10/h3-7,11-13,15H,2,8-9H2,1H3. The highest BCUT2D eigenvalue weighted by Gasteiger charge is 2.64. The van der Waals surface area contributed by atoms with Gasteiger partial charge in [-0.25, -0.2) is 0 Å². The minimum absolute atomic E-state index is 0.296. The van der Waals surface area contributed by atoms with Crippen molar-refractivity contribution in [1.29, 1.82) is 0 Å². The summed E-state index contributed by atoms with van der Waals surface area (Å²) in [5, 5.41) is 10.4. The summed E-state index contributed by atoms with van der Waals surface area (Å²) >= 11 is 0. The van der Waals surface area contributed by atoms with Crippen molar-refractivity contribution in [2.75, 3.05) is 0 Å². The molecule has 0 aliphatic heterocycles. The van der Waals surface area contributed by atoms with E-state index in [1.807, 2.05) is 0 Å². The fourth-order valence-corrected chi connectivity index (χ4v) is 3.10. The Morgan fingerprint density at radius 3 is 2.67 bits per heavy atom. The van der Waals surface area contributed by atoms with Crippen molar-refractivity contribution in [3.05, 3.63) is 35.9 Å². The number of hydrogen-bond donors (Lipinski definition) is 1. The summed E-state index contributed by atoms with van der Waals surface area (Å²) < 4.78 is 0. The highest BCUT2D eigenvalue weighted by molar-refractivity contribution is 5.30. The van der Waals surface area contributed by atoms with Gasteiger partial charge in [0.1, 0.15) is 0 Å². The molecule has 2 fully saturated rings. The molecule has 0 radical (unpaired) electrons. The van der Waals surface area contributed by atoms with Gasteiger partial charge in [0.2, 0.25) is 0 Å². The van der Waals surface area contributed by atoms with E-state index in [1.54, 1.807) is 0 Å². The summed E-state index contributed by atoms with van der Waals surface area (Å²) in [5.41, 5.74) is 1.12. The Balaban J connectivity index is 1.71. The molecule has 0 amide bonds. The SMILES string of the molecule is CCC1CC1(O)C1CC1c1ccccc1. The molecule has 0 saturated heterocycles. The van der Waals surface area contributed by atoms with Crippen LogP contribution in [0.5, 0.6) is 0 Å². The maximum Gasteiger partial charge on any atom is 0.0714 e. The zero-order chi connectivity index (χ0) is 10.5. The Kier molecular flexibility index (Phi) is 1.93. The lowest BCUT2D eigenvalue weighted by atomic mass is 10.0. The largest absolute Gasteiger partial charge is 0.389 e. The van der Waals surface area contributed by atoms with Crippen LogP contribution in [0.1, 0.15) is 37.7 Å². The average Bonchev–Trinajstić information content (AvgIpc) is 3.13. The molecule has 15 heavy (non-hydrogen) atoms. The van der Waals surface area contributed by atoms with Crippen LogP contribution < -0.4 is 0 Å². The number of benzene rings is 1. The second-order valence-corrected chi connectivity index (χ2v) is 5.16. The highest BCUT2D eigenvalue weighted by atomic mass is 16.3. The van der Waals surface area contributed by atoms with Gasteiger partial charge < -0.3 is 5.11 Å². The van der Waals surface area contributed by atoms with Crippen molar-refractivity contribution < 1.29 is 5.11 Å². The summed E-state index contributed by atoms with van der Waals surface area (Å²) in [6, 6.07) is 10.6. The van der Waals surface area contributed by atoms with E-state index in [0.717, 1.165) is 12.8 Å². The van der Waals surface area contributed by atoms with E-state index in [2.05, 4.69) is 37.3 Å². The lowest BCUT2D eigenvalue weighted by Crippen LogP contribution is -2.14. The molecular weight excluding hydrogens is 184 g/mol. The van der Waals surface area contributed by atoms with Crippen LogP contribution in [0.3, 0.4) is 0 Å². The Bertz CT molecular complexity index is 359. The Labute approximate surface area is 91.1 Å². The van der Waals surface area contributed by atoms with Crippen molar-refractivity contribution in [3.63, 3.8) is 0 Å². The molecule has 1 heteroatoms. The summed E-state index contributed by atoms with van der Waals surface area (Å²) in [6.45, 7) is 2.18. The first-order chi connectivity index (χ1) is 7.25. The molecule has 0 heterocycles. The Morgan fingerprint density at radius 1 is 1.33 bits per heavy atom. The summed E-state index contributed by atoms with van der Waals surface area (Å²) in [7, 11) is 0. The summed E-state index contributed by atoms with van der Waals surface area (Å²) in [4.78, 5) is 0. The van der Waals surface area contributed by atoms with Crippen molar-refractivity contribution in [3.8, 4) is 0 Å². The maximum atomic E-state index is 10.4. The van der Waals surface area contributed by atoms with Crippen LogP contribution in [0.25, 0.3) is 0 Å². The molecule has 2 saturated carbocycles. The number of rotatable bonds is 3. The average molecular weight is 202 g/mol. The van der Waals surface area contributed by atoms with Crippen LogP contribution >= 0.6 is 0 Å². The van der Waals surface area contributed by atoms with Crippen molar-refractivity contribution in [2.45, 2.75) is 37.7 Å². The van der Waals surface area contributed by atoms with Gasteiger partial charge in [0.05, 0.1) is 5.60 Å². The molecule has 3 rings (SSSR count). The van der Waals surface area contributed by atoms with E-state index in [-0.39, 0.29) is 5.60 Å². The minimum atomic E-state index is -0.296. The van der Waals surface area contributed by atoms with E-state index >= 15 is 0 Å². The molecule has 4 unspecified atom stereocenters. The smallest absolute Gasteiger partial charge is 0.0714 e. The fraction of sp³-hybridized carbons (Fsp3) is 0.571. The molecule has 2 aliphatic carbocycles. The topological polar surface area (TPSA) is 20.2 Å². The lowest BCUT2D eigenvalue weighted by molar-refractivity contribution is 0.104. The van der Waals surface area contributed by atoms with E-state index in [0.29, 0.717) is 17.8 Å². The van der Waals surface area contributed by atoms with Crippen molar-refractivity contribution in [2.24, 2.45) is 11.8 Å². The quantitative estimate of drug-likeness (QED) is 0.799. The van der Waals surface area contributed by atoms with Gasteiger partial charge in [0, 0.05) is 0 Å². The maximum absolute atomic E-state index is 10.4. The third-order valence-electron chi connectivity index (χ3n) is 4.27. The third kappa shape index (κ3) is 1.41. The summed E-state index contributed by atoms with van der Waals surface area (Å²) in [5.74, 6) is 1.76. The van der Waals surface area contributed by atoms with Crippen molar-refractivity contribution >= 4 is 0 Å². The molecule has 0 spiro atoms. The third-order valence-corrected chi connectivity index (χ3v) is 4.27. The highest BCUT2D eigenvalue weighted by Crippen LogP contribution is 2.65. The first-order valence-electron chi connectivity index (χ1n) is 6.03. The molecule has 1 nitrogen and oxygen atoms in total. The zero-order valence-corrected chi connectivity index (χ0v) is 9.19. The van der Waals surface area contributed by atoms with Crippen LogP contribution in [-0.2, 0) is 0 Å². The molecule has 1 aromatic rings. The second-order valence-electron chi connectivity index (χ2n) is 5.16. The van der Waals surface area contributed by atoms with Gasteiger partial charge in [-0.2, -0.15) is 0 Å². The van der Waals surface area contributed by atoms with Gasteiger partial charge in [-0.15, -0.1) is 0 Å². The van der Waals surface area contributed by atoms with Gasteiger partial charge in [-0.1, -0.05) is 43.7 Å². The molecule has 0 bridgehead atoms. The molecule has 80 valence electrons. The van der Waals surface area contributed by atoms with Crippen LogP contribution in [0.2, 0.25) is 0 Å². The van der Waals surface area contributed by atoms with Crippen molar-refractivity contribution in [1.82, 2.24) is 0 Å². The predicted octanol–water partition coefficient (Wildman–Crippen LogP) is 2.95. The monoisotopic (exact) mass is 202 g/mol. The Hall–Kier alpha value is -0.820. The zero-order valence-electron chi connectivity index (χ0n) is 9.19. The van der Waals surface area contributed by atoms with Crippen LogP contribution in [0.15, 0.2) is 30.3 Å². The summed E-state index contributed by atoms with van der Waals surface area (Å²) in [6.07, 6.45) is 3.36. The van der Waals surface area contributed by atoms with Gasteiger partial charge in [0.25, 0.3) is 0 Å². The van der Waals surface area contributed by atoms with Gasteiger partial charge in [-0.3, -0.25) is 0 Å². The van der Waals surface area contributed by atoms with Crippen LogP contribution in [0, 0.1) is 11.8 Å². The molecular formula is C14H18O. The fourth-order valence-electron chi connectivity index (χ4n) is 3.10. The van der Waals surface area contributed by atoms with Gasteiger partial charge in [0.15, 0.2) is 0 Å². The lowest BCUT2D eigenvalue weighted by Gasteiger charge is -2.09. The minimum Gasteiger partial charge on any atom is -0.389 e. The molecule has 4 atom stereocenters. The number of hydrogen-bond acceptors (Lipinski definition) is 1. The predicted molar refractivity (Wildman–Crippen MR) is 60.6 cm³/mol. The molecule has 1 N–H and O–H groups in total. The van der Waals surface area contributed by atoms with Gasteiger partial charge >= 0.3 is 0 Å². The van der Waals surface area contributed by atoms with E-state index in [9.17, 15) is 5.11 Å². The van der Waals surface area contributed by atoms with E-state index in [1.165, 1.54) is 12.0 Å². The number of aliphatic hydroxyl groups is 1.